The first-order chi connectivity index (χ1) is 9.10. The predicted octanol–water partition coefficient (Wildman–Crippen LogP) is 2.48. The molecule has 2 N–H and O–H groups in total. The minimum absolute atomic E-state index is 0.0856. The van der Waals surface area contributed by atoms with Crippen LogP contribution < -0.4 is 10.5 Å². The number of aromatic nitrogens is 2. The van der Waals surface area contributed by atoms with Gasteiger partial charge in [0.1, 0.15) is 11.6 Å². The van der Waals surface area contributed by atoms with Crippen LogP contribution in [0, 0.1) is 0 Å². The molecule has 0 aliphatic carbocycles. The van der Waals surface area contributed by atoms with Gasteiger partial charge < -0.3 is 15.0 Å². The van der Waals surface area contributed by atoms with Gasteiger partial charge >= 0.3 is 0 Å². The quantitative estimate of drug-likeness (QED) is 0.915. The van der Waals surface area contributed by atoms with Gasteiger partial charge in [-0.25, -0.2) is 4.98 Å². The van der Waals surface area contributed by atoms with Crippen molar-refractivity contribution in [3.8, 4) is 5.75 Å². The molecule has 1 atom stereocenters. The largest absolute Gasteiger partial charge is 0.496 e. The number of nitrogens with two attached hydrogens (primary N) is 1. The zero-order valence-corrected chi connectivity index (χ0v) is 11.9. The summed E-state index contributed by atoms with van der Waals surface area (Å²) in [5.74, 6) is 1.79. The number of ether oxygens (including phenoxy) is 1. The van der Waals surface area contributed by atoms with E-state index in [1.165, 1.54) is 0 Å². The van der Waals surface area contributed by atoms with Crippen molar-refractivity contribution >= 4 is 11.6 Å². The maximum absolute atomic E-state index is 6.04. The van der Waals surface area contributed by atoms with Crippen molar-refractivity contribution in [2.45, 2.75) is 25.9 Å². The van der Waals surface area contributed by atoms with E-state index in [1.54, 1.807) is 13.3 Å². The lowest BCUT2D eigenvalue weighted by Gasteiger charge is -2.13. The lowest BCUT2D eigenvalue weighted by atomic mass is 10.2. The van der Waals surface area contributed by atoms with Gasteiger partial charge in [-0.05, 0) is 25.1 Å². The van der Waals surface area contributed by atoms with Gasteiger partial charge in [-0.15, -0.1) is 0 Å². The number of nitrogens with zero attached hydrogens (tertiary/aromatic N) is 2. The molecule has 0 aliphatic rings. The molecule has 2 aromatic rings. The van der Waals surface area contributed by atoms with Crippen molar-refractivity contribution < 1.29 is 4.74 Å². The van der Waals surface area contributed by atoms with Gasteiger partial charge in [-0.3, -0.25) is 0 Å². The zero-order valence-electron chi connectivity index (χ0n) is 11.1. The van der Waals surface area contributed by atoms with Crippen LogP contribution in [-0.4, -0.2) is 22.7 Å². The molecule has 0 bridgehead atoms. The molecule has 1 heterocycles. The van der Waals surface area contributed by atoms with Crippen molar-refractivity contribution in [2.75, 3.05) is 7.11 Å². The van der Waals surface area contributed by atoms with E-state index in [0.29, 0.717) is 11.6 Å². The van der Waals surface area contributed by atoms with Gasteiger partial charge in [0.2, 0.25) is 0 Å². The van der Waals surface area contributed by atoms with Crippen LogP contribution in [0.15, 0.2) is 30.6 Å². The van der Waals surface area contributed by atoms with E-state index >= 15 is 0 Å². The molecule has 1 aromatic heterocycles. The molecule has 19 heavy (non-hydrogen) atoms. The van der Waals surface area contributed by atoms with Crippen LogP contribution in [0.25, 0.3) is 0 Å². The summed E-state index contributed by atoms with van der Waals surface area (Å²) in [5.41, 5.74) is 6.85. The Balaban J connectivity index is 2.26. The Morgan fingerprint density at radius 2 is 2.26 bits per heavy atom. The van der Waals surface area contributed by atoms with E-state index in [0.717, 1.165) is 23.6 Å². The number of halogens is 1. The normalized spacial score (nSPS) is 12.4. The van der Waals surface area contributed by atoms with E-state index in [4.69, 9.17) is 22.1 Å². The Bertz CT molecular complexity index is 551. The summed E-state index contributed by atoms with van der Waals surface area (Å²) >= 11 is 6.04. The van der Waals surface area contributed by atoms with Crippen LogP contribution in [0.5, 0.6) is 5.75 Å². The molecule has 0 radical (unpaired) electrons. The molecular weight excluding hydrogens is 262 g/mol. The highest BCUT2D eigenvalue weighted by Gasteiger charge is 2.09. The Labute approximate surface area is 118 Å². The Morgan fingerprint density at radius 1 is 1.47 bits per heavy atom. The average Bonchev–Trinajstić information content (AvgIpc) is 2.76. The van der Waals surface area contributed by atoms with Crippen molar-refractivity contribution in [1.29, 1.82) is 0 Å². The van der Waals surface area contributed by atoms with Gasteiger partial charge in [0, 0.05) is 35.4 Å². The van der Waals surface area contributed by atoms with Gasteiger partial charge in [0.15, 0.2) is 0 Å². The molecule has 0 aliphatic heterocycles. The van der Waals surface area contributed by atoms with E-state index in [9.17, 15) is 0 Å². The van der Waals surface area contributed by atoms with E-state index < -0.39 is 0 Å². The highest BCUT2D eigenvalue weighted by atomic mass is 35.5. The fourth-order valence-electron chi connectivity index (χ4n) is 2.02. The minimum Gasteiger partial charge on any atom is -0.496 e. The van der Waals surface area contributed by atoms with Crippen LogP contribution >= 0.6 is 11.6 Å². The first kappa shape index (κ1) is 13.9. The van der Waals surface area contributed by atoms with Crippen LogP contribution in [0.1, 0.15) is 18.3 Å². The van der Waals surface area contributed by atoms with E-state index in [-0.39, 0.29) is 6.04 Å². The second-order valence-electron chi connectivity index (χ2n) is 4.61. The molecule has 4 nitrogen and oxygen atoms in total. The van der Waals surface area contributed by atoms with Crippen molar-refractivity contribution in [1.82, 2.24) is 9.55 Å². The van der Waals surface area contributed by atoms with E-state index in [1.807, 2.05) is 31.3 Å². The molecule has 1 unspecified atom stereocenters. The highest BCUT2D eigenvalue weighted by molar-refractivity contribution is 6.30. The lowest BCUT2D eigenvalue weighted by Crippen LogP contribution is -2.20. The summed E-state index contributed by atoms with van der Waals surface area (Å²) in [5, 5.41) is 0.699. The Morgan fingerprint density at radius 3 is 2.95 bits per heavy atom. The average molecular weight is 280 g/mol. The summed E-state index contributed by atoms with van der Waals surface area (Å²) in [6.07, 6.45) is 4.47. The van der Waals surface area contributed by atoms with Crippen LogP contribution in [0.3, 0.4) is 0 Å². The van der Waals surface area contributed by atoms with Crippen molar-refractivity contribution in [3.05, 3.63) is 47.0 Å². The smallest absolute Gasteiger partial charge is 0.123 e. The zero-order chi connectivity index (χ0) is 13.8. The Hall–Kier alpha value is -1.52. The lowest BCUT2D eigenvalue weighted by molar-refractivity contribution is 0.408. The van der Waals surface area contributed by atoms with Crippen LogP contribution in [-0.2, 0) is 13.0 Å². The summed E-state index contributed by atoms with van der Waals surface area (Å²) < 4.78 is 7.42. The summed E-state index contributed by atoms with van der Waals surface area (Å²) in [6.45, 7) is 2.64. The van der Waals surface area contributed by atoms with Gasteiger partial charge in [0.25, 0.3) is 0 Å². The maximum atomic E-state index is 6.04. The molecule has 0 spiro atoms. The molecule has 0 saturated heterocycles. The number of hydrogen-bond acceptors (Lipinski definition) is 3. The number of benzene rings is 1. The first-order valence-electron chi connectivity index (χ1n) is 6.18. The molecule has 0 saturated carbocycles. The number of imidazole rings is 1. The molecule has 102 valence electrons. The third-order valence-corrected chi connectivity index (χ3v) is 3.12. The summed E-state index contributed by atoms with van der Waals surface area (Å²) in [7, 11) is 1.66. The third kappa shape index (κ3) is 3.49. The van der Waals surface area contributed by atoms with Crippen LogP contribution in [0.2, 0.25) is 5.02 Å². The second kappa shape index (κ2) is 6.08. The Kier molecular flexibility index (Phi) is 4.45. The van der Waals surface area contributed by atoms with Crippen LogP contribution in [0.4, 0.5) is 0 Å². The second-order valence-corrected chi connectivity index (χ2v) is 5.05. The third-order valence-electron chi connectivity index (χ3n) is 2.89. The summed E-state index contributed by atoms with van der Waals surface area (Å²) in [6, 6.07) is 5.69. The van der Waals surface area contributed by atoms with E-state index in [2.05, 4.69) is 9.55 Å². The topological polar surface area (TPSA) is 53.1 Å². The molecule has 1 aromatic carbocycles. The van der Waals surface area contributed by atoms with Gasteiger partial charge in [0.05, 0.1) is 13.7 Å². The minimum atomic E-state index is 0.0856. The number of methoxy groups -OCH3 is 1. The molecule has 0 amide bonds. The summed E-state index contributed by atoms with van der Waals surface area (Å²) in [4.78, 5) is 4.34. The highest BCUT2D eigenvalue weighted by Crippen LogP contribution is 2.23. The van der Waals surface area contributed by atoms with Crippen molar-refractivity contribution in [2.24, 2.45) is 5.73 Å². The molecule has 0 fully saturated rings. The van der Waals surface area contributed by atoms with Gasteiger partial charge in [-0.1, -0.05) is 11.6 Å². The molecule has 5 heteroatoms. The first-order valence-corrected chi connectivity index (χ1v) is 6.56. The van der Waals surface area contributed by atoms with Gasteiger partial charge in [-0.2, -0.15) is 0 Å². The standard InChI is InChI=1S/C14H18ClN3O/c1-10(16)7-14-17-5-6-18(14)9-11-8-12(15)3-4-13(11)19-2/h3-6,8,10H,7,9,16H2,1-2H3. The SMILES string of the molecule is COc1ccc(Cl)cc1Cn1ccnc1CC(C)N. The molecular formula is C14H18ClN3O. The number of hydrogen-bond donors (Lipinski definition) is 1. The fourth-order valence-corrected chi connectivity index (χ4v) is 2.21. The van der Waals surface area contributed by atoms with Crippen molar-refractivity contribution in [3.63, 3.8) is 0 Å². The predicted molar refractivity (Wildman–Crippen MR) is 76.7 cm³/mol. The molecule has 2 rings (SSSR count). The monoisotopic (exact) mass is 279 g/mol. The fraction of sp³-hybridized carbons (Fsp3) is 0.357. The number of rotatable bonds is 5. The maximum Gasteiger partial charge on any atom is 0.123 e.